The van der Waals surface area contributed by atoms with Crippen molar-refractivity contribution in [2.24, 2.45) is 0 Å². The van der Waals surface area contributed by atoms with E-state index >= 15 is 0 Å². The molecule has 2 aromatic heterocycles. The van der Waals surface area contributed by atoms with Crippen molar-refractivity contribution >= 4 is 17.7 Å². The smallest absolute Gasteiger partial charge is 0.284 e. The van der Waals surface area contributed by atoms with Crippen molar-refractivity contribution in [2.75, 3.05) is 5.75 Å². The minimum atomic E-state index is -0.0525. The highest BCUT2D eigenvalue weighted by molar-refractivity contribution is 7.99. The molecule has 0 aliphatic rings. The van der Waals surface area contributed by atoms with Gasteiger partial charge >= 0.3 is 0 Å². The van der Waals surface area contributed by atoms with E-state index in [1.54, 1.807) is 12.1 Å². The number of aryl methyl sites for hydroxylation is 1. The van der Waals surface area contributed by atoms with Crippen LogP contribution in [-0.4, -0.2) is 27.9 Å². The van der Waals surface area contributed by atoms with Gasteiger partial charge in [0.25, 0.3) is 11.1 Å². The van der Waals surface area contributed by atoms with Crippen LogP contribution in [0.5, 0.6) is 0 Å². The molecular weight excluding hydrogens is 338 g/mol. The molecule has 130 valence electrons. The van der Waals surface area contributed by atoms with E-state index in [0.717, 1.165) is 12.8 Å². The SMILES string of the molecule is C[C@@H](CCc1ccccc1)NC(=O)CSc1nnc(-c2ccco2)o1. The standard InChI is InChI=1S/C18H19N3O3S/c1-13(9-10-14-6-3-2-4-7-14)19-16(22)12-25-18-21-20-17(24-18)15-8-5-11-23-15/h2-8,11,13H,9-10,12H2,1H3,(H,19,22)/t13-/m0/s1. The van der Waals surface area contributed by atoms with Crippen molar-refractivity contribution in [3.8, 4) is 11.7 Å². The fourth-order valence-electron chi connectivity index (χ4n) is 2.31. The third-order valence-corrected chi connectivity index (χ3v) is 4.40. The first-order chi connectivity index (χ1) is 12.2. The lowest BCUT2D eigenvalue weighted by Gasteiger charge is -2.13. The van der Waals surface area contributed by atoms with Gasteiger partial charge in [0.05, 0.1) is 12.0 Å². The van der Waals surface area contributed by atoms with Crippen LogP contribution >= 0.6 is 11.8 Å². The van der Waals surface area contributed by atoms with Crippen molar-refractivity contribution in [1.82, 2.24) is 15.5 Å². The maximum absolute atomic E-state index is 12.0. The summed E-state index contributed by atoms with van der Waals surface area (Å²) in [6.07, 6.45) is 3.37. The number of furan rings is 1. The highest BCUT2D eigenvalue weighted by Crippen LogP contribution is 2.23. The summed E-state index contributed by atoms with van der Waals surface area (Å²) in [4.78, 5) is 12.0. The van der Waals surface area contributed by atoms with Gasteiger partial charge in [0.2, 0.25) is 5.91 Å². The van der Waals surface area contributed by atoms with Crippen LogP contribution in [0.4, 0.5) is 0 Å². The second kappa shape index (κ2) is 8.53. The number of aromatic nitrogens is 2. The highest BCUT2D eigenvalue weighted by Gasteiger charge is 2.14. The van der Waals surface area contributed by atoms with Crippen molar-refractivity contribution < 1.29 is 13.6 Å². The topological polar surface area (TPSA) is 81.2 Å². The van der Waals surface area contributed by atoms with Crippen LogP contribution in [0.2, 0.25) is 0 Å². The summed E-state index contributed by atoms with van der Waals surface area (Å²) in [5.41, 5.74) is 1.27. The summed E-state index contributed by atoms with van der Waals surface area (Å²) in [5.74, 6) is 1.00. The van der Waals surface area contributed by atoms with Gasteiger partial charge in [-0.25, -0.2) is 0 Å². The number of benzene rings is 1. The fourth-order valence-corrected chi connectivity index (χ4v) is 2.89. The van der Waals surface area contributed by atoms with Gasteiger partial charge in [-0.1, -0.05) is 42.1 Å². The lowest BCUT2D eigenvalue weighted by atomic mass is 10.1. The van der Waals surface area contributed by atoms with Crippen LogP contribution in [0, 0.1) is 0 Å². The minimum Gasteiger partial charge on any atom is -0.459 e. The second-order valence-corrected chi connectivity index (χ2v) is 6.56. The molecule has 1 N–H and O–H groups in total. The third-order valence-electron chi connectivity index (χ3n) is 3.58. The summed E-state index contributed by atoms with van der Waals surface area (Å²) < 4.78 is 10.6. The predicted molar refractivity (Wildman–Crippen MR) is 95.1 cm³/mol. The van der Waals surface area contributed by atoms with Gasteiger partial charge in [-0.05, 0) is 37.5 Å². The summed E-state index contributed by atoms with van der Waals surface area (Å²) in [5, 5.41) is 11.1. The van der Waals surface area contributed by atoms with E-state index in [1.807, 2.05) is 25.1 Å². The zero-order chi connectivity index (χ0) is 17.5. The largest absolute Gasteiger partial charge is 0.459 e. The molecule has 2 heterocycles. The summed E-state index contributed by atoms with van der Waals surface area (Å²) in [6, 6.07) is 13.8. The number of rotatable bonds is 8. The second-order valence-electron chi connectivity index (χ2n) is 5.63. The van der Waals surface area contributed by atoms with Crippen molar-refractivity contribution in [3.63, 3.8) is 0 Å². The van der Waals surface area contributed by atoms with Crippen LogP contribution in [-0.2, 0) is 11.2 Å². The molecule has 0 spiro atoms. The quantitative estimate of drug-likeness (QED) is 0.621. The number of amides is 1. The summed E-state index contributed by atoms with van der Waals surface area (Å²) in [6.45, 7) is 2.01. The molecule has 25 heavy (non-hydrogen) atoms. The van der Waals surface area contributed by atoms with E-state index in [4.69, 9.17) is 8.83 Å². The van der Waals surface area contributed by atoms with E-state index in [1.165, 1.54) is 23.6 Å². The van der Waals surface area contributed by atoms with E-state index in [9.17, 15) is 4.79 Å². The number of carbonyl (C=O) groups excluding carboxylic acids is 1. The highest BCUT2D eigenvalue weighted by atomic mass is 32.2. The van der Waals surface area contributed by atoms with Gasteiger partial charge in [0.1, 0.15) is 0 Å². The van der Waals surface area contributed by atoms with Crippen LogP contribution < -0.4 is 5.32 Å². The molecule has 1 amide bonds. The maximum Gasteiger partial charge on any atom is 0.284 e. The molecule has 0 unspecified atom stereocenters. The molecule has 0 radical (unpaired) electrons. The Labute approximate surface area is 150 Å². The average Bonchev–Trinajstić information content (AvgIpc) is 3.30. The Morgan fingerprint density at radius 3 is 2.80 bits per heavy atom. The predicted octanol–water partition coefficient (Wildman–Crippen LogP) is 3.56. The molecule has 6 nitrogen and oxygen atoms in total. The number of nitrogens with zero attached hydrogens (tertiary/aromatic N) is 2. The van der Waals surface area contributed by atoms with Crippen LogP contribution in [0.3, 0.4) is 0 Å². The Kier molecular flexibility index (Phi) is 5.90. The van der Waals surface area contributed by atoms with Crippen LogP contribution in [0.1, 0.15) is 18.9 Å². The molecule has 0 aliphatic carbocycles. The molecule has 0 saturated carbocycles. The number of nitrogens with one attached hydrogen (secondary N) is 1. The van der Waals surface area contributed by atoms with Gasteiger partial charge in [0.15, 0.2) is 5.76 Å². The fraction of sp³-hybridized carbons (Fsp3) is 0.278. The first-order valence-electron chi connectivity index (χ1n) is 8.04. The lowest BCUT2D eigenvalue weighted by Crippen LogP contribution is -2.34. The first kappa shape index (κ1) is 17.3. The maximum atomic E-state index is 12.0. The van der Waals surface area contributed by atoms with E-state index < -0.39 is 0 Å². The number of hydrogen-bond donors (Lipinski definition) is 1. The normalized spacial score (nSPS) is 12.0. The van der Waals surface area contributed by atoms with Crippen molar-refractivity contribution in [2.45, 2.75) is 31.0 Å². The molecule has 0 fully saturated rings. The minimum absolute atomic E-state index is 0.0525. The van der Waals surface area contributed by atoms with Gasteiger partial charge in [-0.3, -0.25) is 4.79 Å². The Bertz CT molecular complexity index is 787. The average molecular weight is 357 g/mol. The van der Waals surface area contributed by atoms with E-state index in [0.29, 0.717) is 16.9 Å². The van der Waals surface area contributed by atoms with Gasteiger partial charge in [-0.15, -0.1) is 10.2 Å². The lowest BCUT2D eigenvalue weighted by molar-refractivity contribution is -0.119. The zero-order valence-corrected chi connectivity index (χ0v) is 14.7. The molecular formula is C18H19N3O3S. The molecule has 0 bridgehead atoms. The van der Waals surface area contributed by atoms with E-state index in [-0.39, 0.29) is 17.7 Å². The van der Waals surface area contributed by atoms with Crippen molar-refractivity contribution in [3.05, 3.63) is 54.3 Å². The molecule has 3 rings (SSSR count). The Morgan fingerprint density at radius 2 is 2.04 bits per heavy atom. The number of hydrogen-bond acceptors (Lipinski definition) is 6. The third kappa shape index (κ3) is 5.22. The molecule has 0 saturated heterocycles. The first-order valence-corrected chi connectivity index (χ1v) is 9.03. The van der Waals surface area contributed by atoms with E-state index in [2.05, 4.69) is 27.6 Å². The molecule has 0 aliphatic heterocycles. The zero-order valence-electron chi connectivity index (χ0n) is 13.8. The molecule has 7 heteroatoms. The number of thioether (sulfide) groups is 1. The van der Waals surface area contributed by atoms with Crippen LogP contribution in [0.25, 0.3) is 11.7 Å². The van der Waals surface area contributed by atoms with Gasteiger partial charge in [0, 0.05) is 6.04 Å². The van der Waals surface area contributed by atoms with Gasteiger partial charge < -0.3 is 14.2 Å². The Hall–Kier alpha value is -2.54. The molecule has 1 atom stereocenters. The Morgan fingerprint density at radius 1 is 1.20 bits per heavy atom. The summed E-state index contributed by atoms with van der Waals surface area (Å²) >= 11 is 1.21. The number of carbonyl (C=O) groups is 1. The van der Waals surface area contributed by atoms with Gasteiger partial charge in [-0.2, -0.15) is 0 Å². The van der Waals surface area contributed by atoms with Crippen molar-refractivity contribution in [1.29, 1.82) is 0 Å². The molecule has 1 aromatic carbocycles. The monoisotopic (exact) mass is 357 g/mol. The molecule has 3 aromatic rings. The summed E-state index contributed by atoms with van der Waals surface area (Å²) in [7, 11) is 0. The van der Waals surface area contributed by atoms with Crippen LogP contribution in [0.15, 0.2) is 62.8 Å². The Balaban J connectivity index is 1.40.